The van der Waals surface area contributed by atoms with E-state index in [0.29, 0.717) is 0 Å². The lowest BCUT2D eigenvalue weighted by Crippen LogP contribution is -2.42. The van der Waals surface area contributed by atoms with Crippen molar-refractivity contribution < 1.29 is 9.59 Å². The van der Waals surface area contributed by atoms with Gasteiger partial charge in [0.1, 0.15) is 6.04 Å². The Kier molecular flexibility index (Phi) is 5.90. The van der Waals surface area contributed by atoms with Crippen molar-refractivity contribution in [3.05, 3.63) is 35.4 Å². The van der Waals surface area contributed by atoms with Crippen molar-refractivity contribution in [2.75, 3.05) is 6.54 Å². The number of nitrogens with one attached hydrogen (secondary N) is 2. The van der Waals surface area contributed by atoms with Gasteiger partial charge in [0.15, 0.2) is 0 Å². The standard InChI is InChI=1S/C16H25N3O2/c1-11-5-7-12(8-6-11)14(17)15(21)18-10-9-13(20)19-16(2,3)4/h5-8,14H,9-10,17H2,1-4H3,(H,18,21)(H,19,20). The van der Waals surface area contributed by atoms with Gasteiger partial charge in [0.2, 0.25) is 11.8 Å². The summed E-state index contributed by atoms with van der Waals surface area (Å²) in [6, 6.07) is 6.80. The Morgan fingerprint density at radius 1 is 1.19 bits per heavy atom. The van der Waals surface area contributed by atoms with Crippen LogP contribution in [0.2, 0.25) is 0 Å². The van der Waals surface area contributed by atoms with Crippen LogP contribution in [0.4, 0.5) is 0 Å². The molecule has 0 aliphatic carbocycles. The highest BCUT2D eigenvalue weighted by Gasteiger charge is 2.17. The Hall–Kier alpha value is -1.88. The summed E-state index contributed by atoms with van der Waals surface area (Å²) in [5.41, 5.74) is 7.51. The fraction of sp³-hybridized carbons (Fsp3) is 0.500. The number of carbonyl (C=O) groups excluding carboxylic acids is 2. The Morgan fingerprint density at radius 3 is 2.29 bits per heavy atom. The maximum atomic E-state index is 11.9. The monoisotopic (exact) mass is 291 g/mol. The maximum Gasteiger partial charge on any atom is 0.241 e. The number of aryl methyl sites for hydroxylation is 1. The molecule has 0 spiro atoms. The molecule has 1 unspecified atom stereocenters. The molecule has 0 heterocycles. The molecule has 1 atom stereocenters. The van der Waals surface area contributed by atoms with Gasteiger partial charge in [0, 0.05) is 18.5 Å². The summed E-state index contributed by atoms with van der Waals surface area (Å²) in [7, 11) is 0. The van der Waals surface area contributed by atoms with Gasteiger partial charge in [-0.3, -0.25) is 9.59 Å². The lowest BCUT2D eigenvalue weighted by atomic mass is 10.1. The van der Waals surface area contributed by atoms with Crippen molar-refractivity contribution in [2.45, 2.75) is 45.7 Å². The van der Waals surface area contributed by atoms with Crippen LogP contribution in [0.1, 0.15) is 44.4 Å². The first-order chi connectivity index (χ1) is 9.69. The molecule has 5 heteroatoms. The number of hydrogen-bond donors (Lipinski definition) is 3. The Bertz CT molecular complexity index is 489. The van der Waals surface area contributed by atoms with E-state index in [1.807, 2.05) is 52.0 Å². The van der Waals surface area contributed by atoms with E-state index in [4.69, 9.17) is 5.73 Å². The normalized spacial score (nSPS) is 12.6. The molecule has 0 saturated carbocycles. The molecule has 0 fully saturated rings. The van der Waals surface area contributed by atoms with Crippen molar-refractivity contribution in [3.8, 4) is 0 Å². The minimum Gasteiger partial charge on any atom is -0.354 e. The highest BCUT2D eigenvalue weighted by atomic mass is 16.2. The summed E-state index contributed by atoms with van der Waals surface area (Å²) in [6.45, 7) is 7.99. The van der Waals surface area contributed by atoms with Gasteiger partial charge in [-0.05, 0) is 33.3 Å². The lowest BCUT2D eigenvalue weighted by molar-refractivity contribution is -0.123. The van der Waals surface area contributed by atoms with Crippen LogP contribution in [0, 0.1) is 6.92 Å². The zero-order chi connectivity index (χ0) is 16.0. The van der Waals surface area contributed by atoms with Gasteiger partial charge in [-0.2, -0.15) is 0 Å². The molecule has 0 aliphatic rings. The van der Waals surface area contributed by atoms with Gasteiger partial charge in [-0.1, -0.05) is 29.8 Å². The second kappa shape index (κ2) is 7.22. The largest absolute Gasteiger partial charge is 0.354 e. The van der Waals surface area contributed by atoms with Crippen molar-refractivity contribution in [1.29, 1.82) is 0 Å². The van der Waals surface area contributed by atoms with E-state index in [2.05, 4.69) is 10.6 Å². The quantitative estimate of drug-likeness (QED) is 0.767. The molecule has 0 aliphatic heterocycles. The van der Waals surface area contributed by atoms with Crippen LogP contribution in [0.5, 0.6) is 0 Å². The Balaban J connectivity index is 2.40. The topological polar surface area (TPSA) is 84.2 Å². The molecule has 0 aromatic heterocycles. The molecule has 0 bridgehead atoms. The number of rotatable bonds is 5. The predicted molar refractivity (Wildman–Crippen MR) is 83.6 cm³/mol. The van der Waals surface area contributed by atoms with E-state index in [0.717, 1.165) is 11.1 Å². The first kappa shape index (κ1) is 17.2. The van der Waals surface area contributed by atoms with Crippen molar-refractivity contribution in [1.82, 2.24) is 10.6 Å². The number of nitrogens with two attached hydrogens (primary N) is 1. The number of carbonyl (C=O) groups is 2. The highest BCUT2D eigenvalue weighted by molar-refractivity contribution is 5.83. The fourth-order valence-electron chi connectivity index (χ4n) is 1.82. The molecular weight excluding hydrogens is 266 g/mol. The highest BCUT2D eigenvalue weighted by Crippen LogP contribution is 2.11. The maximum absolute atomic E-state index is 11.9. The molecule has 21 heavy (non-hydrogen) atoms. The van der Waals surface area contributed by atoms with Crippen molar-refractivity contribution in [2.24, 2.45) is 5.73 Å². The Labute approximate surface area is 126 Å². The van der Waals surface area contributed by atoms with Crippen LogP contribution >= 0.6 is 0 Å². The molecule has 0 radical (unpaired) electrons. The smallest absolute Gasteiger partial charge is 0.241 e. The van der Waals surface area contributed by atoms with E-state index in [-0.39, 0.29) is 30.3 Å². The van der Waals surface area contributed by atoms with Gasteiger partial charge in [0.25, 0.3) is 0 Å². The molecule has 0 saturated heterocycles. The van der Waals surface area contributed by atoms with Gasteiger partial charge < -0.3 is 16.4 Å². The average molecular weight is 291 g/mol. The van der Waals surface area contributed by atoms with Gasteiger partial charge in [0.05, 0.1) is 0 Å². The third-order valence-electron chi connectivity index (χ3n) is 2.88. The van der Waals surface area contributed by atoms with Crippen LogP contribution in [-0.2, 0) is 9.59 Å². The van der Waals surface area contributed by atoms with Gasteiger partial charge >= 0.3 is 0 Å². The first-order valence-electron chi connectivity index (χ1n) is 7.10. The van der Waals surface area contributed by atoms with Crippen LogP contribution in [0.3, 0.4) is 0 Å². The van der Waals surface area contributed by atoms with E-state index in [9.17, 15) is 9.59 Å². The summed E-state index contributed by atoms with van der Waals surface area (Å²) < 4.78 is 0. The summed E-state index contributed by atoms with van der Waals surface area (Å²) in [4.78, 5) is 23.6. The predicted octanol–water partition coefficient (Wildman–Crippen LogP) is 1.42. The molecule has 5 nitrogen and oxygen atoms in total. The van der Waals surface area contributed by atoms with E-state index in [1.165, 1.54) is 0 Å². The number of amides is 2. The third kappa shape index (κ3) is 6.40. The molecule has 116 valence electrons. The van der Waals surface area contributed by atoms with Gasteiger partial charge in [-0.15, -0.1) is 0 Å². The Morgan fingerprint density at radius 2 is 1.76 bits per heavy atom. The molecule has 1 rings (SSSR count). The first-order valence-corrected chi connectivity index (χ1v) is 7.10. The summed E-state index contributed by atoms with van der Waals surface area (Å²) in [6.07, 6.45) is 0.240. The zero-order valence-electron chi connectivity index (χ0n) is 13.2. The lowest BCUT2D eigenvalue weighted by Gasteiger charge is -2.20. The molecule has 4 N–H and O–H groups in total. The second-order valence-corrected chi connectivity index (χ2v) is 6.23. The SMILES string of the molecule is Cc1ccc(C(N)C(=O)NCCC(=O)NC(C)(C)C)cc1. The molecule has 2 amide bonds. The zero-order valence-corrected chi connectivity index (χ0v) is 13.2. The minimum atomic E-state index is -0.712. The fourth-order valence-corrected chi connectivity index (χ4v) is 1.82. The van der Waals surface area contributed by atoms with Gasteiger partial charge in [-0.25, -0.2) is 0 Å². The van der Waals surface area contributed by atoms with E-state index >= 15 is 0 Å². The number of benzene rings is 1. The minimum absolute atomic E-state index is 0.0910. The summed E-state index contributed by atoms with van der Waals surface area (Å²) >= 11 is 0. The molecule has 1 aromatic rings. The van der Waals surface area contributed by atoms with E-state index in [1.54, 1.807) is 0 Å². The van der Waals surface area contributed by atoms with Crippen LogP contribution < -0.4 is 16.4 Å². The second-order valence-electron chi connectivity index (χ2n) is 6.23. The average Bonchev–Trinajstić information content (AvgIpc) is 2.36. The van der Waals surface area contributed by atoms with Crippen LogP contribution in [0.15, 0.2) is 24.3 Å². The van der Waals surface area contributed by atoms with Crippen LogP contribution in [0.25, 0.3) is 0 Å². The van der Waals surface area contributed by atoms with Crippen molar-refractivity contribution in [3.63, 3.8) is 0 Å². The summed E-state index contributed by atoms with van der Waals surface area (Å²) in [5.74, 6) is -0.367. The number of hydrogen-bond acceptors (Lipinski definition) is 3. The molecular formula is C16H25N3O2. The molecule has 1 aromatic carbocycles. The van der Waals surface area contributed by atoms with E-state index < -0.39 is 6.04 Å². The summed E-state index contributed by atoms with van der Waals surface area (Å²) in [5, 5.41) is 5.53. The van der Waals surface area contributed by atoms with Crippen LogP contribution in [-0.4, -0.2) is 23.9 Å². The third-order valence-corrected chi connectivity index (χ3v) is 2.88. The van der Waals surface area contributed by atoms with Crippen molar-refractivity contribution >= 4 is 11.8 Å².